The highest BCUT2D eigenvalue weighted by Crippen LogP contribution is 2.32. The average molecular weight is 184 g/mol. The molecular formula is C8H13N2OP. The molecule has 0 spiro atoms. The predicted octanol–water partition coefficient (Wildman–Crippen LogP) is 0.788. The number of hydrogen-bond donors (Lipinski definition) is 1. The molecule has 2 N–H and O–H groups in total. The van der Waals surface area contributed by atoms with Crippen LogP contribution in [0.25, 0.3) is 0 Å². The molecule has 0 aliphatic carbocycles. The molecular weight excluding hydrogens is 171 g/mol. The van der Waals surface area contributed by atoms with Gasteiger partial charge >= 0.3 is 0 Å². The van der Waals surface area contributed by atoms with E-state index in [2.05, 4.69) is 4.98 Å². The zero-order valence-electron chi connectivity index (χ0n) is 7.32. The highest BCUT2D eigenvalue weighted by molar-refractivity contribution is 7.69. The fraction of sp³-hybridized carbons (Fsp3) is 0.375. The van der Waals surface area contributed by atoms with Crippen LogP contribution in [0.2, 0.25) is 0 Å². The Bertz CT molecular complexity index is 301. The van der Waals surface area contributed by atoms with Crippen LogP contribution in [0.4, 0.5) is 0 Å². The lowest BCUT2D eigenvalue weighted by Crippen LogP contribution is -2.09. The van der Waals surface area contributed by atoms with E-state index in [9.17, 15) is 4.57 Å². The Morgan fingerprint density at radius 2 is 2.17 bits per heavy atom. The van der Waals surface area contributed by atoms with Crippen LogP contribution >= 0.6 is 7.14 Å². The van der Waals surface area contributed by atoms with Gasteiger partial charge in [-0.05, 0) is 25.0 Å². The Morgan fingerprint density at radius 1 is 1.50 bits per heavy atom. The van der Waals surface area contributed by atoms with Gasteiger partial charge in [-0.25, -0.2) is 0 Å². The highest BCUT2D eigenvalue weighted by atomic mass is 31.2. The molecule has 0 aliphatic rings. The molecule has 0 bridgehead atoms. The van der Waals surface area contributed by atoms with Crippen LogP contribution in [0.5, 0.6) is 0 Å². The molecule has 3 nitrogen and oxygen atoms in total. The zero-order valence-corrected chi connectivity index (χ0v) is 8.21. The monoisotopic (exact) mass is 184 g/mol. The molecule has 0 saturated heterocycles. The van der Waals surface area contributed by atoms with Gasteiger partial charge in [0, 0.05) is 12.7 Å². The van der Waals surface area contributed by atoms with Crippen LogP contribution in [0.3, 0.4) is 0 Å². The molecule has 1 aromatic heterocycles. The van der Waals surface area contributed by atoms with E-state index < -0.39 is 7.14 Å². The van der Waals surface area contributed by atoms with Crippen LogP contribution < -0.4 is 11.2 Å². The third-order valence-electron chi connectivity index (χ3n) is 1.60. The van der Waals surface area contributed by atoms with Crippen molar-refractivity contribution < 1.29 is 4.57 Å². The SMILES string of the molecule is CP(C)(=O)c1ccc(CN)cn1. The van der Waals surface area contributed by atoms with Gasteiger partial charge in [0.25, 0.3) is 0 Å². The van der Waals surface area contributed by atoms with Gasteiger partial charge < -0.3 is 10.3 Å². The van der Waals surface area contributed by atoms with Crippen molar-refractivity contribution in [2.75, 3.05) is 13.3 Å². The van der Waals surface area contributed by atoms with Crippen molar-refractivity contribution in [3.8, 4) is 0 Å². The van der Waals surface area contributed by atoms with Crippen molar-refractivity contribution in [2.24, 2.45) is 5.73 Å². The third-order valence-corrected chi connectivity index (χ3v) is 2.96. The maximum absolute atomic E-state index is 11.5. The summed E-state index contributed by atoms with van der Waals surface area (Å²) in [6, 6.07) is 3.64. The van der Waals surface area contributed by atoms with E-state index in [1.54, 1.807) is 25.6 Å². The first-order chi connectivity index (χ1) is 5.54. The summed E-state index contributed by atoms with van der Waals surface area (Å²) in [6.45, 7) is 3.89. The second-order valence-electron chi connectivity index (χ2n) is 3.08. The molecule has 1 aromatic rings. The second-order valence-corrected chi connectivity index (χ2v) is 6.24. The Kier molecular flexibility index (Phi) is 2.65. The minimum absolute atomic E-state index is 0.477. The summed E-state index contributed by atoms with van der Waals surface area (Å²) in [5, 5.41) is 0. The number of aromatic nitrogens is 1. The molecule has 0 unspecified atom stereocenters. The van der Waals surface area contributed by atoms with E-state index in [4.69, 9.17) is 5.73 Å². The molecule has 0 saturated carbocycles. The molecule has 4 heteroatoms. The number of nitrogens with two attached hydrogens (primary N) is 1. The smallest absolute Gasteiger partial charge is 0.127 e. The van der Waals surface area contributed by atoms with E-state index >= 15 is 0 Å². The quantitative estimate of drug-likeness (QED) is 0.691. The van der Waals surface area contributed by atoms with Gasteiger partial charge in [0.05, 0.1) is 5.44 Å². The van der Waals surface area contributed by atoms with E-state index in [0.717, 1.165) is 5.56 Å². The zero-order chi connectivity index (χ0) is 9.19. The van der Waals surface area contributed by atoms with Gasteiger partial charge in [-0.1, -0.05) is 6.07 Å². The molecule has 12 heavy (non-hydrogen) atoms. The van der Waals surface area contributed by atoms with Gasteiger partial charge in [0.1, 0.15) is 7.14 Å². The van der Waals surface area contributed by atoms with Crippen LogP contribution in [0, 0.1) is 0 Å². The van der Waals surface area contributed by atoms with Crippen molar-refractivity contribution >= 4 is 12.6 Å². The first kappa shape index (κ1) is 9.43. The third kappa shape index (κ3) is 2.16. The Morgan fingerprint density at radius 3 is 2.50 bits per heavy atom. The second kappa shape index (κ2) is 3.38. The predicted molar refractivity (Wildman–Crippen MR) is 51.2 cm³/mol. The first-order valence-corrected chi connectivity index (χ1v) is 6.34. The van der Waals surface area contributed by atoms with Gasteiger partial charge in [-0.3, -0.25) is 4.98 Å². The van der Waals surface area contributed by atoms with Crippen molar-refractivity contribution in [2.45, 2.75) is 6.54 Å². The Hall–Kier alpha value is -0.660. The molecule has 0 radical (unpaired) electrons. The van der Waals surface area contributed by atoms with Crippen molar-refractivity contribution in [3.05, 3.63) is 23.9 Å². The van der Waals surface area contributed by atoms with Gasteiger partial charge in [0.15, 0.2) is 0 Å². The fourth-order valence-electron chi connectivity index (χ4n) is 0.856. The summed E-state index contributed by atoms with van der Waals surface area (Å²) in [7, 11) is -2.20. The summed E-state index contributed by atoms with van der Waals surface area (Å²) in [4.78, 5) is 4.08. The summed E-state index contributed by atoms with van der Waals surface area (Å²) >= 11 is 0. The topological polar surface area (TPSA) is 56.0 Å². The summed E-state index contributed by atoms with van der Waals surface area (Å²) in [5.74, 6) is 0. The molecule has 0 atom stereocenters. The normalized spacial score (nSPS) is 11.6. The van der Waals surface area contributed by atoms with E-state index in [-0.39, 0.29) is 0 Å². The summed E-state index contributed by atoms with van der Waals surface area (Å²) in [5.41, 5.74) is 7.03. The van der Waals surface area contributed by atoms with Crippen LogP contribution in [0.15, 0.2) is 18.3 Å². The maximum Gasteiger partial charge on any atom is 0.127 e. The number of pyridine rings is 1. The van der Waals surface area contributed by atoms with Gasteiger partial charge in [0.2, 0.25) is 0 Å². The Balaban J connectivity index is 3.01. The largest absolute Gasteiger partial charge is 0.326 e. The first-order valence-electron chi connectivity index (χ1n) is 3.74. The molecule has 0 aromatic carbocycles. The summed E-state index contributed by atoms with van der Waals surface area (Å²) < 4.78 is 11.5. The van der Waals surface area contributed by atoms with Crippen molar-refractivity contribution in [3.63, 3.8) is 0 Å². The van der Waals surface area contributed by atoms with Gasteiger partial charge in [-0.15, -0.1) is 0 Å². The molecule has 0 amide bonds. The van der Waals surface area contributed by atoms with Crippen LogP contribution in [-0.2, 0) is 11.1 Å². The number of rotatable bonds is 2. The Labute approximate surface area is 72.4 Å². The summed E-state index contributed by atoms with van der Waals surface area (Å²) in [6.07, 6.45) is 1.68. The minimum atomic E-state index is -2.20. The van der Waals surface area contributed by atoms with Crippen LogP contribution in [-0.4, -0.2) is 18.3 Å². The number of nitrogens with zero attached hydrogens (tertiary/aromatic N) is 1. The lowest BCUT2D eigenvalue weighted by molar-refractivity contribution is 0.588. The lowest BCUT2D eigenvalue weighted by atomic mass is 10.3. The molecule has 0 aliphatic heterocycles. The maximum atomic E-state index is 11.5. The van der Waals surface area contributed by atoms with E-state index in [1.807, 2.05) is 6.07 Å². The molecule has 1 rings (SSSR count). The van der Waals surface area contributed by atoms with Crippen molar-refractivity contribution in [1.82, 2.24) is 4.98 Å². The molecule has 1 heterocycles. The van der Waals surface area contributed by atoms with Gasteiger partial charge in [-0.2, -0.15) is 0 Å². The highest BCUT2D eigenvalue weighted by Gasteiger charge is 2.11. The fourth-order valence-corrected chi connectivity index (χ4v) is 1.63. The average Bonchev–Trinajstić information content (AvgIpc) is 2.03. The van der Waals surface area contributed by atoms with E-state index in [0.29, 0.717) is 12.0 Å². The lowest BCUT2D eigenvalue weighted by Gasteiger charge is -2.05. The minimum Gasteiger partial charge on any atom is -0.326 e. The number of hydrogen-bond acceptors (Lipinski definition) is 3. The molecule has 0 fully saturated rings. The standard InChI is InChI=1S/C8H13N2OP/c1-12(2,11)8-4-3-7(5-9)6-10-8/h3-4,6H,5,9H2,1-2H3. The van der Waals surface area contributed by atoms with Crippen molar-refractivity contribution in [1.29, 1.82) is 0 Å². The molecule has 66 valence electrons. The van der Waals surface area contributed by atoms with Crippen LogP contribution in [0.1, 0.15) is 5.56 Å². The van der Waals surface area contributed by atoms with E-state index in [1.165, 1.54) is 0 Å².